The SMILES string of the molecule is O=C(O)C(Nc1cccc(Br)c1)c1ccccc1Cl. The van der Waals surface area contributed by atoms with Crippen LogP contribution in [0.4, 0.5) is 5.69 Å². The van der Waals surface area contributed by atoms with E-state index < -0.39 is 12.0 Å². The zero-order chi connectivity index (χ0) is 13.8. The fraction of sp³-hybridized carbons (Fsp3) is 0.0714. The molecule has 2 N–H and O–H groups in total. The van der Waals surface area contributed by atoms with Crippen molar-refractivity contribution in [1.29, 1.82) is 0 Å². The van der Waals surface area contributed by atoms with Crippen LogP contribution in [0.3, 0.4) is 0 Å². The van der Waals surface area contributed by atoms with Gasteiger partial charge in [0.2, 0.25) is 0 Å². The Morgan fingerprint density at radius 1 is 1.21 bits per heavy atom. The van der Waals surface area contributed by atoms with Gasteiger partial charge in [0, 0.05) is 20.7 Å². The third-order valence-electron chi connectivity index (χ3n) is 2.60. The topological polar surface area (TPSA) is 49.3 Å². The Morgan fingerprint density at radius 2 is 1.95 bits per heavy atom. The van der Waals surface area contributed by atoms with E-state index in [4.69, 9.17) is 11.6 Å². The molecule has 2 aromatic carbocycles. The van der Waals surface area contributed by atoms with Gasteiger partial charge < -0.3 is 10.4 Å². The number of aliphatic carboxylic acids is 1. The van der Waals surface area contributed by atoms with Crippen LogP contribution in [-0.4, -0.2) is 11.1 Å². The van der Waals surface area contributed by atoms with E-state index in [1.165, 1.54) is 0 Å². The van der Waals surface area contributed by atoms with Gasteiger partial charge in [-0.15, -0.1) is 0 Å². The van der Waals surface area contributed by atoms with Crippen LogP contribution in [-0.2, 0) is 4.79 Å². The molecule has 3 nitrogen and oxygen atoms in total. The highest BCUT2D eigenvalue weighted by Gasteiger charge is 2.21. The molecule has 0 radical (unpaired) electrons. The predicted molar refractivity (Wildman–Crippen MR) is 79.6 cm³/mol. The molecule has 98 valence electrons. The summed E-state index contributed by atoms with van der Waals surface area (Å²) in [5.41, 5.74) is 1.25. The maximum atomic E-state index is 11.4. The van der Waals surface area contributed by atoms with E-state index in [9.17, 15) is 9.90 Å². The molecule has 0 bridgehead atoms. The Balaban J connectivity index is 2.32. The second-order valence-corrected chi connectivity index (χ2v) is 5.27. The number of halogens is 2. The molecule has 1 atom stereocenters. The van der Waals surface area contributed by atoms with Crippen LogP contribution in [0.1, 0.15) is 11.6 Å². The molecule has 0 saturated carbocycles. The number of carboxylic acids is 1. The van der Waals surface area contributed by atoms with Gasteiger partial charge in [0.15, 0.2) is 6.04 Å². The van der Waals surface area contributed by atoms with Crippen LogP contribution in [0.5, 0.6) is 0 Å². The Morgan fingerprint density at radius 3 is 2.58 bits per heavy atom. The van der Waals surface area contributed by atoms with E-state index in [0.717, 1.165) is 4.47 Å². The van der Waals surface area contributed by atoms with Crippen molar-refractivity contribution in [3.8, 4) is 0 Å². The van der Waals surface area contributed by atoms with Crippen molar-refractivity contribution < 1.29 is 9.90 Å². The van der Waals surface area contributed by atoms with Crippen molar-refractivity contribution in [2.75, 3.05) is 5.32 Å². The number of nitrogens with one attached hydrogen (secondary N) is 1. The molecular weight excluding hydrogens is 330 g/mol. The van der Waals surface area contributed by atoms with E-state index in [1.54, 1.807) is 30.3 Å². The van der Waals surface area contributed by atoms with Gasteiger partial charge in [-0.3, -0.25) is 0 Å². The molecule has 0 saturated heterocycles. The van der Waals surface area contributed by atoms with Gasteiger partial charge in [-0.1, -0.05) is 51.8 Å². The summed E-state index contributed by atoms with van der Waals surface area (Å²) in [6.45, 7) is 0. The molecule has 0 aliphatic rings. The lowest BCUT2D eigenvalue weighted by molar-refractivity contribution is -0.138. The van der Waals surface area contributed by atoms with Crippen molar-refractivity contribution in [2.24, 2.45) is 0 Å². The molecule has 0 aromatic heterocycles. The Hall–Kier alpha value is -1.52. The standard InChI is InChI=1S/C14H11BrClNO2/c15-9-4-3-5-10(8-9)17-13(14(18)19)11-6-1-2-7-12(11)16/h1-8,13,17H,(H,18,19). The highest BCUT2D eigenvalue weighted by atomic mass is 79.9. The molecule has 0 aliphatic heterocycles. The molecule has 0 fully saturated rings. The highest BCUT2D eigenvalue weighted by Crippen LogP contribution is 2.27. The predicted octanol–water partition coefficient (Wildman–Crippen LogP) is 4.34. The van der Waals surface area contributed by atoms with Crippen molar-refractivity contribution in [3.05, 3.63) is 63.6 Å². The molecule has 19 heavy (non-hydrogen) atoms. The molecule has 0 heterocycles. The summed E-state index contributed by atoms with van der Waals surface area (Å²) in [7, 11) is 0. The van der Waals surface area contributed by atoms with Gasteiger partial charge in [0.25, 0.3) is 0 Å². The maximum Gasteiger partial charge on any atom is 0.330 e. The highest BCUT2D eigenvalue weighted by molar-refractivity contribution is 9.10. The second kappa shape index (κ2) is 6.08. The summed E-state index contributed by atoms with van der Waals surface area (Å²) < 4.78 is 0.876. The van der Waals surface area contributed by atoms with Gasteiger partial charge in [-0.2, -0.15) is 0 Å². The number of hydrogen-bond acceptors (Lipinski definition) is 2. The number of carboxylic acid groups (broad SMARTS) is 1. The smallest absolute Gasteiger partial charge is 0.330 e. The lowest BCUT2D eigenvalue weighted by Crippen LogP contribution is -2.20. The Bertz CT molecular complexity index is 604. The first-order chi connectivity index (χ1) is 9.08. The number of hydrogen-bond donors (Lipinski definition) is 2. The van der Waals surface area contributed by atoms with Crippen molar-refractivity contribution >= 4 is 39.2 Å². The van der Waals surface area contributed by atoms with Gasteiger partial charge in [-0.05, 0) is 24.3 Å². The molecule has 0 amide bonds. The Labute approximate surface area is 124 Å². The lowest BCUT2D eigenvalue weighted by atomic mass is 10.1. The number of rotatable bonds is 4. The fourth-order valence-corrected chi connectivity index (χ4v) is 2.37. The quantitative estimate of drug-likeness (QED) is 0.870. The maximum absolute atomic E-state index is 11.4. The monoisotopic (exact) mass is 339 g/mol. The average Bonchev–Trinajstić information content (AvgIpc) is 2.37. The number of benzene rings is 2. The third kappa shape index (κ3) is 3.49. The fourth-order valence-electron chi connectivity index (χ4n) is 1.73. The van der Waals surface area contributed by atoms with Crippen LogP contribution in [0.25, 0.3) is 0 Å². The average molecular weight is 341 g/mol. The van der Waals surface area contributed by atoms with Gasteiger partial charge in [-0.25, -0.2) is 4.79 Å². The summed E-state index contributed by atoms with van der Waals surface area (Å²) in [6, 6.07) is 13.3. The second-order valence-electron chi connectivity index (χ2n) is 3.95. The summed E-state index contributed by atoms with van der Waals surface area (Å²) in [6.07, 6.45) is 0. The van der Waals surface area contributed by atoms with Crippen LogP contribution < -0.4 is 5.32 Å². The van der Waals surface area contributed by atoms with Gasteiger partial charge >= 0.3 is 5.97 Å². The third-order valence-corrected chi connectivity index (χ3v) is 3.44. The first-order valence-electron chi connectivity index (χ1n) is 5.57. The first-order valence-corrected chi connectivity index (χ1v) is 6.74. The summed E-state index contributed by atoms with van der Waals surface area (Å²) in [5, 5.41) is 12.7. The minimum atomic E-state index is -0.979. The molecular formula is C14H11BrClNO2. The van der Waals surface area contributed by atoms with E-state index in [-0.39, 0.29) is 0 Å². The minimum absolute atomic E-state index is 0.428. The van der Waals surface area contributed by atoms with Gasteiger partial charge in [0.1, 0.15) is 0 Å². The lowest BCUT2D eigenvalue weighted by Gasteiger charge is -2.17. The summed E-state index contributed by atoms with van der Waals surface area (Å²) >= 11 is 9.39. The summed E-state index contributed by atoms with van der Waals surface area (Å²) in [4.78, 5) is 11.4. The number of anilines is 1. The van der Waals surface area contributed by atoms with Crippen molar-refractivity contribution in [1.82, 2.24) is 0 Å². The van der Waals surface area contributed by atoms with Crippen molar-refractivity contribution in [3.63, 3.8) is 0 Å². The van der Waals surface area contributed by atoms with E-state index in [1.807, 2.05) is 18.2 Å². The zero-order valence-electron chi connectivity index (χ0n) is 9.81. The van der Waals surface area contributed by atoms with Gasteiger partial charge in [0.05, 0.1) is 0 Å². The summed E-state index contributed by atoms with van der Waals surface area (Å²) in [5.74, 6) is -0.979. The largest absolute Gasteiger partial charge is 0.479 e. The van der Waals surface area contributed by atoms with Crippen LogP contribution in [0.2, 0.25) is 5.02 Å². The van der Waals surface area contributed by atoms with E-state index >= 15 is 0 Å². The minimum Gasteiger partial charge on any atom is -0.479 e. The normalized spacial score (nSPS) is 11.9. The van der Waals surface area contributed by atoms with E-state index in [2.05, 4.69) is 21.2 Å². The van der Waals surface area contributed by atoms with Crippen LogP contribution in [0.15, 0.2) is 53.0 Å². The van der Waals surface area contributed by atoms with Crippen LogP contribution in [0, 0.1) is 0 Å². The first kappa shape index (κ1) is 13.9. The molecule has 5 heteroatoms. The molecule has 1 unspecified atom stereocenters. The molecule has 2 aromatic rings. The Kier molecular flexibility index (Phi) is 4.45. The molecule has 2 rings (SSSR count). The van der Waals surface area contributed by atoms with E-state index in [0.29, 0.717) is 16.3 Å². The van der Waals surface area contributed by atoms with Crippen LogP contribution >= 0.6 is 27.5 Å². The number of carbonyl (C=O) groups is 1. The van der Waals surface area contributed by atoms with Crippen molar-refractivity contribution in [2.45, 2.75) is 6.04 Å². The molecule has 0 spiro atoms. The molecule has 0 aliphatic carbocycles. The zero-order valence-corrected chi connectivity index (χ0v) is 12.1.